The Kier molecular flexibility index (Phi) is 2.48. The van der Waals surface area contributed by atoms with Gasteiger partial charge in [-0.1, -0.05) is 23.2 Å². The first-order valence-electron chi connectivity index (χ1n) is 4.00. The lowest BCUT2D eigenvalue weighted by molar-refractivity contribution is 0.415. The number of methoxy groups -OCH3 is 1. The molecule has 0 spiro atoms. The van der Waals surface area contributed by atoms with Crippen molar-refractivity contribution in [2.45, 2.75) is 0 Å². The van der Waals surface area contributed by atoms with Crippen LogP contribution in [0.2, 0.25) is 10.2 Å². The fraction of sp³-hybridized carbons (Fsp3) is 0.100. The summed E-state index contributed by atoms with van der Waals surface area (Å²) in [5, 5.41) is 1.95. The molecule has 0 saturated heterocycles. The summed E-state index contributed by atoms with van der Waals surface area (Å²) in [6, 6.07) is 7.18. The van der Waals surface area contributed by atoms with Gasteiger partial charge in [0.05, 0.1) is 17.6 Å². The first-order chi connectivity index (χ1) is 6.70. The Morgan fingerprint density at radius 1 is 1.21 bits per heavy atom. The van der Waals surface area contributed by atoms with Gasteiger partial charge in [-0.15, -0.1) is 0 Å². The van der Waals surface area contributed by atoms with Crippen molar-refractivity contribution >= 4 is 34.1 Å². The predicted molar refractivity (Wildman–Crippen MR) is 58.3 cm³/mol. The SMILES string of the molecule is COc1cc2ccc(Cl)nc2cc1Cl. The summed E-state index contributed by atoms with van der Waals surface area (Å²) >= 11 is 11.7. The molecule has 1 heterocycles. The van der Waals surface area contributed by atoms with Gasteiger partial charge in [0.25, 0.3) is 0 Å². The van der Waals surface area contributed by atoms with Gasteiger partial charge in [0, 0.05) is 5.39 Å². The average Bonchev–Trinajstić information content (AvgIpc) is 2.16. The molecule has 0 aliphatic rings. The molecule has 0 aliphatic carbocycles. The number of aromatic nitrogens is 1. The van der Waals surface area contributed by atoms with Gasteiger partial charge in [-0.25, -0.2) is 4.98 Å². The van der Waals surface area contributed by atoms with E-state index in [1.165, 1.54) is 0 Å². The van der Waals surface area contributed by atoms with E-state index in [1.807, 2.05) is 12.1 Å². The van der Waals surface area contributed by atoms with Gasteiger partial charge in [-0.3, -0.25) is 0 Å². The lowest BCUT2D eigenvalue weighted by Crippen LogP contribution is -1.86. The third kappa shape index (κ3) is 1.63. The standard InChI is InChI=1S/C10H7Cl2NO/c1-14-9-4-6-2-3-10(12)13-8(6)5-7(9)11/h2-5H,1H3. The number of nitrogens with zero attached hydrogens (tertiary/aromatic N) is 1. The maximum Gasteiger partial charge on any atom is 0.138 e. The Hall–Kier alpha value is -0.990. The minimum atomic E-state index is 0.457. The van der Waals surface area contributed by atoms with Crippen molar-refractivity contribution in [2.75, 3.05) is 7.11 Å². The Morgan fingerprint density at radius 2 is 2.00 bits per heavy atom. The largest absolute Gasteiger partial charge is 0.495 e. The van der Waals surface area contributed by atoms with Crippen molar-refractivity contribution in [2.24, 2.45) is 0 Å². The second kappa shape index (κ2) is 3.64. The van der Waals surface area contributed by atoms with Crippen molar-refractivity contribution in [1.82, 2.24) is 4.98 Å². The van der Waals surface area contributed by atoms with E-state index in [4.69, 9.17) is 27.9 Å². The van der Waals surface area contributed by atoms with Crippen molar-refractivity contribution in [3.63, 3.8) is 0 Å². The number of benzene rings is 1. The van der Waals surface area contributed by atoms with E-state index in [0.29, 0.717) is 15.9 Å². The van der Waals surface area contributed by atoms with Gasteiger partial charge >= 0.3 is 0 Å². The third-order valence-corrected chi connectivity index (χ3v) is 2.43. The number of hydrogen-bond acceptors (Lipinski definition) is 2. The quantitative estimate of drug-likeness (QED) is 0.696. The van der Waals surface area contributed by atoms with Crippen LogP contribution in [0.1, 0.15) is 0 Å². The first kappa shape index (κ1) is 9.56. The van der Waals surface area contributed by atoms with Gasteiger partial charge in [0.15, 0.2) is 0 Å². The minimum Gasteiger partial charge on any atom is -0.495 e. The summed E-state index contributed by atoms with van der Waals surface area (Å²) in [6.07, 6.45) is 0. The molecule has 1 aromatic carbocycles. The second-order valence-corrected chi connectivity index (χ2v) is 3.61. The van der Waals surface area contributed by atoms with Gasteiger partial charge in [-0.2, -0.15) is 0 Å². The molecule has 14 heavy (non-hydrogen) atoms. The highest BCUT2D eigenvalue weighted by Gasteiger charge is 2.04. The van der Waals surface area contributed by atoms with E-state index >= 15 is 0 Å². The molecule has 2 nitrogen and oxygen atoms in total. The highest BCUT2D eigenvalue weighted by atomic mass is 35.5. The zero-order valence-electron chi connectivity index (χ0n) is 7.42. The molecular formula is C10H7Cl2NO. The zero-order chi connectivity index (χ0) is 10.1. The van der Waals surface area contributed by atoms with E-state index in [1.54, 1.807) is 19.2 Å². The molecule has 0 N–H and O–H groups in total. The fourth-order valence-corrected chi connectivity index (χ4v) is 1.65. The smallest absolute Gasteiger partial charge is 0.138 e. The van der Waals surface area contributed by atoms with Gasteiger partial charge < -0.3 is 4.74 Å². The van der Waals surface area contributed by atoms with Crippen molar-refractivity contribution in [3.05, 3.63) is 34.4 Å². The topological polar surface area (TPSA) is 22.1 Å². The molecule has 0 atom stereocenters. The van der Waals surface area contributed by atoms with Crippen molar-refractivity contribution in [1.29, 1.82) is 0 Å². The molecule has 1 aromatic heterocycles. The van der Waals surface area contributed by atoms with Crippen LogP contribution in [-0.4, -0.2) is 12.1 Å². The number of rotatable bonds is 1. The summed E-state index contributed by atoms with van der Waals surface area (Å²) in [4.78, 5) is 4.14. The monoisotopic (exact) mass is 227 g/mol. The highest BCUT2D eigenvalue weighted by molar-refractivity contribution is 6.33. The molecule has 0 saturated carbocycles. The molecule has 2 rings (SSSR count). The van der Waals surface area contributed by atoms with Crippen LogP contribution in [0.25, 0.3) is 10.9 Å². The maximum absolute atomic E-state index is 5.95. The summed E-state index contributed by atoms with van der Waals surface area (Å²) in [5.41, 5.74) is 0.767. The van der Waals surface area contributed by atoms with Crippen LogP contribution in [0.3, 0.4) is 0 Å². The van der Waals surface area contributed by atoms with Crippen LogP contribution in [-0.2, 0) is 0 Å². The van der Waals surface area contributed by atoms with E-state index in [2.05, 4.69) is 4.98 Å². The van der Waals surface area contributed by atoms with E-state index in [0.717, 1.165) is 10.9 Å². The average molecular weight is 228 g/mol. The zero-order valence-corrected chi connectivity index (χ0v) is 8.93. The second-order valence-electron chi connectivity index (χ2n) is 2.81. The number of hydrogen-bond donors (Lipinski definition) is 0. The molecular weight excluding hydrogens is 221 g/mol. The summed E-state index contributed by atoms with van der Waals surface area (Å²) in [6.45, 7) is 0. The Balaban J connectivity index is 2.73. The molecule has 0 amide bonds. The summed E-state index contributed by atoms with van der Waals surface area (Å²) in [7, 11) is 1.58. The Bertz CT molecular complexity index is 485. The normalized spacial score (nSPS) is 10.5. The maximum atomic E-state index is 5.95. The van der Waals surface area contributed by atoms with Gasteiger partial charge in [0.1, 0.15) is 10.9 Å². The lowest BCUT2D eigenvalue weighted by atomic mass is 10.2. The Labute approximate surface area is 91.4 Å². The van der Waals surface area contributed by atoms with Crippen molar-refractivity contribution < 1.29 is 4.74 Å². The molecule has 72 valence electrons. The van der Waals surface area contributed by atoms with Crippen LogP contribution < -0.4 is 4.74 Å². The van der Waals surface area contributed by atoms with E-state index in [-0.39, 0.29) is 0 Å². The lowest BCUT2D eigenvalue weighted by Gasteiger charge is -2.04. The van der Waals surface area contributed by atoms with E-state index < -0.39 is 0 Å². The van der Waals surface area contributed by atoms with Gasteiger partial charge in [-0.05, 0) is 24.3 Å². The minimum absolute atomic E-state index is 0.457. The van der Waals surface area contributed by atoms with Crippen LogP contribution in [0, 0.1) is 0 Å². The number of fused-ring (bicyclic) bond motifs is 1. The molecule has 0 bridgehead atoms. The first-order valence-corrected chi connectivity index (χ1v) is 4.76. The van der Waals surface area contributed by atoms with Gasteiger partial charge in [0.2, 0.25) is 0 Å². The molecule has 0 fully saturated rings. The number of pyridine rings is 1. The number of ether oxygens (including phenoxy) is 1. The van der Waals surface area contributed by atoms with Crippen LogP contribution in [0.5, 0.6) is 5.75 Å². The highest BCUT2D eigenvalue weighted by Crippen LogP contribution is 2.29. The fourth-order valence-electron chi connectivity index (χ4n) is 1.26. The number of halogens is 2. The summed E-state index contributed by atoms with van der Waals surface area (Å²) in [5.74, 6) is 0.642. The molecule has 0 unspecified atom stereocenters. The van der Waals surface area contributed by atoms with Crippen LogP contribution in [0.15, 0.2) is 24.3 Å². The predicted octanol–water partition coefficient (Wildman–Crippen LogP) is 3.55. The van der Waals surface area contributed by atoms with Crippen LogP contribution >= 0.6 is 23.2 Å². The molecule has 0 aliphatic heterocycles. The molecule has 4 heteroatoms. The van der Waals surface area contributed by atoms with Crippen LogP contribution in [0.4, 0.5) is 0 Å². The molecule has 2 aromatic rings. The summed E-state index contributed by atoms with van der Waals surface area (Å²) < 4.78 is 5.09. The van der Waals surface area contributed by atoms with E-state index in [9.17, 15) is 0 Å². The van der Waals surface area contributed by atoms with Crippen molar-refractivity contribution in [3.8, 4) is 5.75 Å². The Morgan fingerprint density at radius 3 is 2.71 bits per heavy atom. The third-order valence-electron chi connectivity index (χ3n) is 1.93. The molecule has 0 radical (unpaired) electrons.